The number of rotatable bonds is 5. The van der Waals surface area contributed by atoms with E-state index in [4.69, 9.17) is 4.74 Å². The fourth-order valence-corrected chi connectivity index (χ4v) is 2.60. The molecule has 22 heavy (non-hydrogen) atoms. The Kier molecular flexibility index (Phi) is 4.98. The van der Waals surface area contributed by atoms with E-state index in [0.717, 1.165) is 12.1 Å². The first-order valence-corrected chi connectivity index (χ1v) is 7.42. The van der Waals surface area contributed by atoms with E-state index >= 15 is 0 Å². The molecular formula is C17H23N2O3. The van der Waals surface area contributed by atoms with Gasteiger partial charge in [-0.2, -0.15) is 0 Å². The molecule has 1 aliphatic rings. The van der Waals surface area contributed by atoms with Crippen LogP contribution in [-0.2, 0) is 4.74 Å². The molecule has 1 aromatic carbocycles. The van der Waals surface area contributed by atoms with E-state index in [2.05, 4.69) is 38.7 Å². The highest BCUT2D eigenvalue weighted by molar-refractivity contribution is 5.52. The summed E-state index contributed by atoms with van der Waals surface area (Å²) in [7, 11) is 0. The first kappa shape index (κ1) is 16.6. The number of nitro groups is 1. The van der Waals surface area contributed by atoms with Gasteiger partial charge in [0.25, 0.3) is 5.69 Å². The Morgan fingerprint density at radius 3 is 2.59 bits per heavy atom. The largest absolute Gasteiger partial charge is 0.359 e. The fraction of sp³-hybridized carbons (Fsp3) is 0.471. The topological polar surface area (TPSA) is 55.6 Å². The number of ether oxygens (including phenoxy) is 1. The molecule has 0 saturated carbocycles. The van der Waals surface area contributed by atoms with Crippen LogP contribution in [0.15, 0.2) is 30.3 Å². The lowest BCUT2D eigenvalue weighted by atomic mass is 10.1. The molecule has 1 aromatic rings. The maximum Gasteiger partial charge on any atom is 0.269 e. The average Bonchev–Trinajstić information content (AvgIpc) is 2.72. The Bertz CT molecular complexity index is 550. The molecule has 0 spiro atoms. The molecule has 0 aliphatic carbocycles. The summed E-state index contributed by atoms with van der Waals surface area (Å²) in [6.07, 6.45) is 4.11. The van der Waals surface area contributed by atoms with Crippen LogP contribution in [0.5, 0.6) is 0 Å². The summed E-state index contributed by atoms with van der Waals surface area (Å²) in [5.41, 5.74) is 0.787. The predicted molar refractivity (Wildman–Crippen MR) is 87.2 cm³/mol. The Hall–Kier alpha value is -1.72. The molecule has 0 bridgehead atoms. The van der Waals surface area contributed by atoms with Gasteiger partial charge in [-0.15, -0.1) is 0 Å². The van der Waals surface area contributed by atoms with Gasteiger partial charge in [0.05, 0.1) is 17.6 Å². The van der Waals surface area contributed by atoms with Crippen LogP contribution in [0.1, 0.15) is 33.3 Å². The standard InChI is InChI=1S/C17H23N2O3/c1-13(2)11-18-16(12-22-17(18,3)4)10-7-14-5-8-15(9-6-14)19(20)21/h5-10,16H,11-12H2,1-4H3/b10-7+/t16-/m0/s1. The second-order valence-corrected chi connectivity index (χ2v) is 6.37. The van der Waals surface area contributed by atoms with Crippen LogP contribution in [0.25, 0.3) is 6.08 Å². The van der Waals surface area contributed by atoms with Crippen molar-refractivity contribution in [2.45, 2.75) is 39.5 Å². The first-order valence-electron chi connectivity index (χ1n) is 7.42. The van der Waals surface area contributed by atoms with Crippen molar-refractivity contribution < 1.29 is 9.66 Å². The summed E-state index contributed by atoms with van der Waals surface area (Å²) < 4.78 is 5.88. The van der Waals surface area contributed by atoms with Gasteiger partial charge in [0.15, 0.2) is 0 Å². The molecule has 119 valence electrons. The summed E-state index contributed by atoms with van der Waals surface area (Å²) in [5.74, 6) is 1.34. The molecule has 0 N–H and O–H groups in total. The minimum Gasteiger partial charge on any atom is -0.359 e. The summed E-state index contributed by atoms with van der Waals surface area (Å²) in [4.78, 5) is 12.6. The van der Waals surface area contributed by atoms with Gasteiger partial charge in [-0.3, -0.25) is 15.0 Å². The zero-order valence-corrected chi connectivity index (χ0v) is 13.6. The average molecular weight is 303 g/mol. The SMILES string of the molecule is C[C](C)CN1[C@@H](/C=C/c2ccc([N+](=O)[O-])cc2)COC1(C)C. The molecule has 1 aliphatic heterocycles. The highest BCUT2D eigenvalue weighted by Gasteiger charge is 2.39. The van der Waals surface area contributed by atoms with Gasteiger partial charge in [-0.1, -0.05) is 26.0 Å². The molecule has 2 rings (SSSR count). The molecule has 0 unspecified atom stereocenters. The van der Waals surface area contributed by atoms with Crippen LogP contribution < -0.4 is 0 Å². The van der Waals surface area contributed by atoms with Crippen molar-refractivity contribution in [1.29, 1.82) is 0 Å². The molecule has 0 amide bonds. The van der Waals surface area contributed by atoms with E-state index in [1.165, 1.54) is 18.1 Å². The van der Waals surface area contributed by atoms with Gasteiger partial charge in [-0.25, -0.2) is 0 Å². The smallest absolute Gasteiger partial charge is 0.269 e. The normalized spacial score (nSPS) is 21.8. The van der Waals surface area contributed by atoms with Crippen LogP contribution in [-0.4, -0.2) is 34.7 Å². The van der Waals surface area contributed by atoms with Crippen molar-refractivity contribution in [1.82, 2.24) is 4.90 Å². The maximum atomic E-state index is 10.7. The van der Waals surface area contributed by atoms with Crippen LogP contribution >= 0.6 is 0 Å². The summed E-state index contributed by atoms with van der Waals surface area (Å²) >= 11 is 0. The van der Waals surface area contributed by atoms with E-state index in [1.807, 2.05) is 6.08 Å². The third kappa shape index (κ3) is 3.93. The third-order valence-electron chi connectivity index (χ3n) is 3.80. The van der Waals surface area contributed by atoms with Crippen molar-refractivity contribution in [3.63, 3.8) is 0 Å². The number of hydrogen-bond acceptors (Lipinski definition) is 4. The van der Waals surface area contributed by atoms with E-state index in [0.29, 0.717) is 6.61 Å². The number of hydrogen-bond donors (Lipinski definition) is 0. The maximum absolute atomic E-state index is 10.7. The minimum absolute atomic E-state index is 0.111. The number of benzene rings is 1. The van der Waals surface area contributed by atoms with E-state index in [9.17, 15) is 10.1 Å². The van der Waals surface area contributed by atoms with Gasteiger partial charge in [0, 0.05) is 18.7 Å². The lowest BCUT2D eigenvalue weighted by Crippen LogP contribution is -2.44. The van der Waals surface area contributed by atoms with Crippen molar-refractivity contribution in [3.8, 4) is 0 Å². The highest BCUT2D eigenvalue weighted by Crippen LogP contribution is 2.29. The van der Waals surface area contributed by atoms with Gasteiger partial charge in [0.1, 0.15) is 5.72 Å². The Morgan fingerprint density at radius 2 is 2.05 bits per heavy atom. The van der Waals surface area contributed by atoms with Crippen LogP contribution in [0, 0.1) is 16.0 Å². The zero-order valence-electron chi connectivity index (χ0n) is 13.6. The van der Waals surface area contributed by atoms with Crippen molar-refractivity contribution in [2.24, 2.45) is 0 Å². The predicted octanol–water partition coefficient (Wildman–Crippen LogP) is 3.66. The fourth-order valence-electron chi connectivity index (χ4n) is 2.60. The van der Waals surface area contributed by atoms with Crippen molar-refractivity contribution >= 4 is 11.8 Å². The Labute approximate surface area is 131 Å². The second-order valence-electron chi connectivity index (χ2n) is 6.37. The summed E-state index contributed by atoms with van der Waals surface area (Å²) in [6.45, 7) is 9.94. The first-order chi connectivity index (χ1) is 10.3. The molecule has 1 heterocycles. The van der Waals surface area contributed by atoms with Crippen LogP contribution in [0.4, 0.5) is 5.69 Å². The zero-order chi connectivity index (χ0) is 16.3. The van der Waals surface area contributed by atoms with Crippen LogP contribution in [0.3, 0.4) is 0 Å². The number of nitro benzene ring substituents is 1. The molecule has 1 atom stereocenters. The molecule has 0 aromatic heterocycles. The highest BCUT2D eigenvalue weighted by atomic mass is 16.6. The molecule has 5 nitrogen and oxygen atoms in total. The number of non-ortho nitro benzene ring substituents is 1. The lowest BCUT2D eigenvalue weighted by Gasteiger charge is -2.33. The molecule has 1 fully saturated rings. The van der Waals surface area contributed by atoms with Gasteiger partial charge in [-0.05, 0) is 37.5 Å². The van der Waals surface area contributed by atoms with E-state index in [1.54, 1.807) is 12.1 Å². The number of nitrogens with zero attached hydrogens (tertiary/aromatic N) is 2. The minimum atomic E-state index is -0.386. The lowest BCUT2D eigenvalue weighted by molar-refractivity contribution is -0.384. The molecule has 1 saturated heterocycles. The van der Waals surface area contributed by atoms with Gasteiger partial charge in [0.2, 0.25) is 0 Å². The Morgan fingerprint density at radius 1 is 1.41 bits per heavy atom. The molecule has 1 radical (unpaired) electrons. The quantitative estimate of drug-likeness (QED) is 0.615. The van der Waals surface area contributed by atoms with Crippen molar-refractivity contribution in [2.75, 3.05) is 13.2 Å². The molecular weight excluding hydrogens is 280 g/mol. The third-order valence-corrected chi connectivity index (χ3v) is 3.80. The van der Waals surface area contributed by atoms with Gasteiger partial charge >= 0.3 is 0 Å². The molecule has 5 heteroatoms. The van der Waals surface area contributed by atoms with Crippen LogP contribution in [0.2, 0.25) is 0 Å². The van der Waals surface area contributed by atoms with Gasteiger partial charge < -0.3 is 4.74 Å². The summed E-state index contributed by atoms with van der Waals surface area (Å²) in [6, 6.07) is 6.78. The van der Waals surface area contributed by atoms with E-state index in [-0.39, 0.29) is 22.4 Å². The van der Waals surface area contributed by atoms with Crippen molar-refractivity contribution in [3.05, 3.63) is 51.9 Å². The Balaban J connectivity index is 2.09. The van der Waals surface area contributed by atoms with E-state index < -0.39 is 0 Å². The summed E-state index contributed by atoms with van der Waals surface area (Å²) in [5, 5.41) is 10.7. The second kappa shape index (κ2) is 6.58. The monoisotopic (exact) mass is 303 g/mol.